The van der Waals surface area contributed by atoms with E-state index in [0.717, 1.165) is 36.8 Å². The summed E-state index contributed by atoms with van der Waals surface area (Å²) < 4.78 is 12.2. The van der Waals surface area contributed by atoms with Crippen LogP contribution in [-0.2, 0) is 15.9 Å². The molecule has 1 saturated heterocycles. The zero-order chi connectivity index (χ0) is 22.1. The van der Waals surface area contributed by atoms with Gasteiger partial charge in [0.2, 0.25) is 0 Å². The number of aliphatic hydroxyl groups is 1. The Kier molecular flexibility index (Phi) is 9.32. The van der Waals surface area contributed by atoms with Gasteiger partial charge in [0.25, 0.3) is 0 Å². The zero-order valence-corrected chi connectivity index (χ0v) is 19.3. The van der Waals surface area contributed by atoms with Gasteiger partial charge in [-0.15, -0.1) is 0 Å². The second kappa shape index (κ2) is 12.2. The zero-order valence-electron chi connectivity index (χ0n) is 19.3. The topological polar surface area (TPSA) is 38.7 Å². The SMILES string of the molecule is CCCCc1ccc(/C=C/c2ccc(C3OC(C)CC(CC(O)CCC)O3)cc2)cc1. The minimum absolute atomic E-state index is 0.0372. The van der Waals surface area contributed by atoms with E-state index >= 15 is 0 Å². The molecule has 1 N–H and O–H groups in total. The quantitative estimate of drug-likeness (QED) is 0.421. The Morgan fingerprint density at radius 3 is 2.19 bits per heavy atom. The highest BCUT2D eigenvalue weighted by Crippen LogP contribution is 2.32. The van der Waals surface area contributed by atoms with Crippen molar-refractivity contribution in [2.45, 2.75) is 90.3 Å². The molecule has 3 rings (SSSR count). The first-order chi connectivity index (χ1) is 15.1. The Bertz CT molecular complexity index is 794. The van der Waals surface area contributed by atoms with Gasteiger partial charge in [0.1, 0.15) is 0 Å². The third-order valence-corrected chi connectivity index (χ3v) is 5.90. The summed E-state index contributed by atoms with van der Waals surface area (Å²) in [6, 6.07) is 17.2. The second-order valence-corrected chi connectivity index (χ2v) is 8.80. The normalized spacial score (nSPS) is 22.6. The lowest BCUT2D eigenvalue weighted by Crippen LogP contribution is -2.34. The molecular formula is C28H38O3. The van der Waals surface area contributed by atoms with Crippen LogP contribution in [0.25, 0.3) is 12.2 Å². The molecule has 0 saturated carbocycles. The number of unbranched alkanes of at least 4 members (excludes halogenated alkanes) is 1. The molecule has 4 unspecified atom stereocenters. The maximum Gasteiger partial charge on any atom is 0.184 e. The van der Waals surface area contributed by atoms with Crippen LogP contribution in [0.3, 0.4) is 0 Å². The summed E-state index contributed by atoms with van der Waals surface area (Å²) in [6.07, 6.45) is 10.7. The summed E-state index contributed by atoms with van der Waals surface area (Å²) in [5, 5.41) is 10.2. The Morgan fingerprint density at radius 1 is 0.935 bits per heavy atom. The van der Waals surface area contributed by atoms with Crippen molar-refractivity contribution in [2.75, 3.05) is 0 Å². The first-order valence-electron chi connectivity index (χ1n) is 11.9. The van der Waals surface area contributed by atoms with Crippen molar-refractivity contribution in [3.8, 4) is 0 Å². The molecular weight excluding hydrogens is 384 g/mol. The van der Waals surface area contributed by atoms with Gasteiger partial charge in [-0.3, -0.25) is 0 Å². The van der Waals surface area contributed by atoms with Gasteiger partial charge in [0.05, 0.1) is 18.3 Å². The maximum absolute atomic E-state index is 10.2. The fraction of sp³-hybridized carbons (Fsp3) is 0.500. The van der Waals surface area contributed by atoms with Crippen LogP contribution in [0.15, 0.2) is 48.5 Å². The minimum atomic E-state index is -0.365. The van der Waals surface area contributed by atoms with Crippen LogP contribution in [-0.4, -0.2) is 23.4 Å². The van der Waals surface area contributed by atoms with E-state index in [1.165, 1.54) is 24.0 Å². The molecule has 4 atom stereocenters. The fourth-order valence-corrected chi connectivity index (χ4v) is 4.10. The molecule has 0 aliphatic carbocycles. The van der Waals surface area contributed by atoms with Gasteiger partial charge in [-0.05, 0) is 55.7 Å². The third kappa shape index (κ3) is 7.60. The van der Waals surface area contributed by atoms with Crippen LogP contribution in [0.2, 0.25) is 0 Å². The van der Waals surface area contributed by atoms with Crippen molar-refractivity contribution in [1.82, 2.24) is 0 Å². The Morgan fingerprint density at radius 2 is 1.58 bits per heavy atom. The molecule has 3 nitrogen and oxygen atoms in total. The molecule has 1 fully saturated rings. The molecule has 168 valence electrons. The molecule has 0 aromatic heterocycles. The maximum atomic E-state index is 10.2. The van der Waals surface area contributed by atoms with Gasteiger partial charge >= 0.3 is 0 Å². The summed E-state index contributed by atoms with van der Waals surface area (Å²) >= 11 is 0. The standard InChI is InChI=1S/C28H38O3/c1-4-6-8-22-9-11-23(12-10-22)13-14-24-15-17-25(18-16-24)28-30-21(3)19-27(31-28)20-26(29)7-5-2/h9-18,21,26-29H,4-8,19-20H2,1-3H3/b14-13+. The van der Waals surface area contributed by atoms with Crippen LogP contribution in [0.1, 0.15) is 87.8 Å². The molecule has 0 amide bonds. The van der Waals surface area contributed by atoms with Crippen LogP contribution < -0.4 is 0 Å². The van der Waals surface area contributed by atoms with Crippen molar-refractivity contribution in [2.24, 2.45) is 0 Å². The molecule has 0 bridgehead atoms. The summed E-state index contributed by atoms with van der Waals surface area (Å²) in [6.45, 7) is 6.41. The van der Waals surface area contributed by atoms with E-state index in [0.29, 0.717) is 6.42 Å². The molecule has 0 spiro atoms. The van der Waals surface area contributed by atoms with Crippen LogP contribution in [0.4, 0.5) is 0 Å². The summed E-state index contributed by atoms with van der Waals surface area (Å²) in [4.78, 5) is 0. The summed E-state index contributed by atoms with van der Waals surface area (Å²) in [7, 11) is 0. The highest BCUT2D eigenvalue weighted by molar-refractivity contribution is 5.69. The lowest BCUT2D eigenvalue weighted by molar-refractivity contribution is -0.248. The number of rotatable bonds is 10. The lowest BCUT2D eigenvalue weighted by atomic mass is 10.0. The van der Waals surface area contributed by atoms with Gasteiger partial charge in [0.15, 0.2) is 6.29 Å². The van der Waals surface area contributed by atoms with E-state index < -0.39 is 0 Å². The van der Waals surface area contributed by atoms with E-state index in [1.54, 1.807) is 0 Å². The van der Waals surface area contributed by atoms with E-state index in [2.05, 4.69) is 81.5 Å². The van der Waals surface area contributed by atoms with Crippen LogP contribution >= 0.6 is 0 Å². The average molecular weight is 423 g/mol. The molecule has 2 aromatic carbocycles. The van der Waals surface area contributed by atoms with Gasteiger partial charge in [0, 0.05) is 5.56 Å². The Balaban J connectivity index is 1.58. The first-order valence-corrected chi connectivity index (χ1v) is 11.9. The van der Waals surface area contributed by atoms with Crippen LogP contribution in [0, 0.1) is 0 Å². The second-order valence-electron chi connectivity index (χ2n) is 8.80. The number of hydrogen-bond acceptors (Lipinski definition) is 3. The fourth-order valence-electron chi connectivity index (χ4n) is 4.10. The molecule has 2 aromatic rings. The average Bonchev–Trinajstić information content (AvgIpc) is 2.77. The molecule has 1 heterocycles. The van der Waals surface area contributed by atoms with Gasteiger partial charge in [-0.1, -0.05) is 87.4 Å². The van der Waals surface area contributed by atoms with Gasteiger partial charge in [-0.25, -0.2) is 0 Å². The molecule has 1 aliphatic heterocycles. The number of benzene rings is 2. The molecule has 31 heavy (non-hydrogen) atoms. The number of hydrogen-bond donors (Lipinski definition) is 1. The summed E-state index contributed by atoms with van der Waals surface area (Å²) in [5.41, 5.74) is 4.80. The predicted molar refractivity (Wildman–Crippen MR) is 129 cm³/mol. The van der Waals surface area contributed by atoms with E-state index in [1.807, 2.05) is 0 Å². The molecule has 1 aliphatic rings. The van der Waals surface area contributed by atoms with Crippen molar-refractivity contribution < 1.29 is 14.6 Å². The van der Waals surface area contributed by atoms with E-state index in [4.69, 9.17) is 9.47 Å². The number of ether oxygens (including phenoxy) is 2. The molecule has 3 heteroatoms. The van der Waals surface area contributed by atoms with Crippen LogP contribution in [0.5, 0.6) is 0 Å². The van der Waals surface area contributed by atoms with Crippen molar-refractivity contribution in [3.63, 3.8) is 0 Å². The van der Waals surface area contributed by atoms with Crippen molar-refractivity contribution >= 4 is 12.2 Å². The smallest absolute Gasteiger partial charge is 0.184 e. The Hall–Kier alpha value is -1.94. The van der Waals surface area contributed by atoms with Crippen molar-refractivity contribution in [1.29, 1.82) is 0 Å². The van der Waals surface area contributed by atoms with Gasteiger partial charge < -0.3 is 14.6 Å². The van der Waals surface area contributed by atoms with Gasteiger partial charge in [-0.2, -0.15) is 0 Å². The highest BCUT2D eigenvalue weighted by Gasteiger charge is 2.30. The lowest BCUT2D eigenvalue weighted by Gasteiger charge is -2.35. The van der Waals surface area contributed by atoms with Crippen molar-refractivity contribution in [3.05, 3.63) is 70.8 Å². The first kappa shape index (κ1) is 23.7. The molecule has 0 radical (unpaired) electrons. The number of aliphatic hydroxyl groups excluding tert-OH is 1. The number of aryl methyl sites for hydroxylation is 1. The van der Waals surface area contributed by atoms with E-state index in [-0.39, 0.29) is 24.6 Å². The predicted octanol–water partition coefficient (Wildman–Crippen LogP) is 6.94. The van der Waals surface area contributed by atoms with E-state index in [9.17, 15) is 5.11 Å². The third-order valence-electron chi connectivity index (χ3n) is 5.90. The Labute approximate surface area is 188 Å². The summed E-state index contributed by atoms with van der Waals surface area (Å²) in [5.74, 6) is 0. The largest absolute Gasteiger partial charge is 0.393 e. The minimum Gasteiger partial charge on any atom is -0.393 e. The monoisotopic (exact) mass is 422 g/mol. The highest BCUT2D eigenvalue weighted by atomic mass is 16.7.